The Morgan fingerprint density at radius 2 is 1.88 bits per heavy atom. The van der Waals surface area contributed by atoms with E-state index in [1.807, 2.05) is 30.3 Å². The summed E-state index contributed by atoms with van der Waals surface area (Å²) in [6, 6.07) is 8.54. The molecule has 1 aromatic rings. The molecule has 2 amide bonds. The third-order valence-corrected chi connectivity index (χ3v) is 4.87. The number of carboxylic acids is 1. The highest BCUT2D eigenvalue weighted by molar-refractivity contribution is 5.89. The van der Waals surface area contributed by atoms with E-state index in [1.165, 1.54) is 0 Å². The molecule has 1 saturated heterocycles. The Morgan fingerprint density at radius 1 is 1.17 bits per heavy atom. The monoisotopic (exact) mass is 330 g/mol. The molecule has 0 spiro atoms. The molecule has 3 rings (SSSR count). The van der Waals surface area contributed by atoms with Crippen molar-refractivity contribution in [3.05, 3.63) is 35.9 Å². The molecule has 2 N–H and O–H groups in total. The SMILES string of the molecule is O=C(O)C1CC(NC(=O)C(c2ccccc2)N2CCCCC2=O)C1. The van der Waals surface area contributed by atoms with E-state index in [4.69, 9.17) is 5.11 Å². The lowest BCUT2D eigenvalue weighted by Crippen LogP contribution is -2.52. The molecule has 1 aromatic carbocycles. The highest BCUT2D eigenvalue weighted by atomic mass is 16.4. The van der Waals surface area contributed by atoms with Gasteiger partial charge in [-0.25, -0.2) is 0 Å². The van der Waals surface area contributed by atoms with E-state index in [2.05, 4.69) is 5.32 Å². The van der Waals surface area contributed by atoms with Gasteiger partial charge in [0, 0.05) is 19.0 Å². The van der Waals surface area contributed by atoms with Gasteiger partial charge in [0.15, 0.2) is 0 Å². The normalized spacial score (nSPS) is 24.8. The highest BCUT2D eigenvalue weighted by Gasteiger charge is 2.38. The van der Waals surface area contributed by atoms with E-state index in [0.29, 0.717) is 25.8 Å². The predicted octanol–water partition coefficient (Wildman–Crippen LogP) is 1.72. The maximum Gasteiger partial charge on any atom is 0.306 e. The number of benzene rings is 1. The van der Waals surface area contributed by atoms with Crippen molar-refractivity contribution in [1.29, 1.82) is 0 Å². The lowest BCUT2D eigenvalue weighted by atomic mass is 9.80. The minimum atomic E-state index is -0.814. The van der Waals surface area contributed by atoms with Crippen LogP contribution in [0.25, 0.3) is 0 Å². The maximum absolute atomic E-state index is 12.8. The van der Waals surface area contributed by atoms with E-state index in [9.17, 15) is 14.4 Å². The molecule has 1 atom stereocenters. The van der Waals surface area contributed by atoms with Crippen LogP contribution in [0, 0.1) is 5.92 Å². The lowest BCUT2D eigenvalue weighted by molar-refractivity contribution is -0.147. The molecule has 1 aliphatic heterocycles. The van der Waals surface area contributed by atoms with Crippen LogP contribution in [0.5, 0.6) is 0 Å². The first-order chi connectivity index (χ1) is 11.6. The van der Waals surface area contributed by atoms with Crippen molar-refractivity contribution in [2.24, 2.45) is 5.92 Å². The van der Waals surface area contributed by atoms with E-state index in [1.54, 1.807) is 4.90 Å². The average molecular weight is 330 g/mol. The van der Waals surface area contributed by atoms with E-state index in [-0.39, 0.29) is 23.8 Å². The van der Waals surface area contributed by atoms with Crippen LogP contribution in [-0.2, 0) is 14.4 Å². The standard InChI is InChI=1S/C18H22N2O4/c21-15-8-4-5-9-20(15)16(12-6-2-1-3-7-12)17(22)19-14-10-13(11-14)18(23)24/h1-3,6-7,13-14,16H,4-5,8-11H2,(H,19,22)(H,23,24). The van der Waals surface area contributed by atoms with Crippen molar-refractivity contribution in [3.63, 3.8) is 0 Å². The first-order valence-corrected chi connectivity index (χ1v) is 8.44. The predicted molar refractivity (Wildman–Crippen MR) is 87.0 cm³/mol. The van der Waals surface area contributed by atoms with Crippen LogP contribution in [0.2, 0.25) is 0 Å². The second kappa shape index (κ2) is 7.03. The van der Waals surface area contributed by atoms with Crippen molar-refractivity contribution in [2.45, 2.75) is 44.2 Å². The Kier molecular flexibility index (Phi) is 4.83. The minimum Gasteiger partial charge on any atom is -0.481 e. The molecule has 1 unspecified atom stereocenters. The Balaban J connectivity index is 1.73. The molecular formula is C18H22N2O4. The minimum absolute atomic E-state index is 0.00211. The highest BCUT2D eigenvalue weighted by Crippen LogP contribution is 2.30. The maximum atomic E-state index is 12.8. The van der Waals surface area contributed by atoms with Crippen LogP contribution in [0.15, 0.2) is 30.3 Å². The van der Waals surface area contributed by atoms with Gasteiger partial charge in [0.2, 0.25) is 11.8 Å². The molecule has 2 aliphatic rings. The topological polar surface area (TPSA) is 86.7 Å². The number of nitrogens with one attached hydrogen (secondary N) is 1. The molecule has 0 aromatic heterocycles. The number of amides is 2. The zero-order valence-corrected chi connectivity index (χ0v) is 13.5. The second-order valence-electron chi connectivity index (χ2n) is 6.57. The fourth-order valence-electron chi connectivity index (χ4n) is 3.43. The zero-order chi connectivity index (χ0) is 17.1. The fourth-order valence-corrected chi connectivity index (χ4v) is 3.43. The van der Waals surface area contributed by atoms with Gasteiger partial charge < -0.3 is 15.3 Å². The average Bonchev–Trinajstić information content (AvgIpc) is 2.53. The van der Waals surface area contributed by atoms with Crippen LogP contribution in [0.1, 0.15) is 43.7 Å². The Morgan fingerprint density at radius 3 is 2.50 bits per heavy atom. The summed E-state index contributed by atoms with van der Waals surface area (Å²) in [6.45, 7) is 0.578. The van der Waals surface area contributed by atoms with Crippen molar-refractivity contribution in [2.75, 3.05) is 6.54 Å². The summed E-state index contributed by atoms with van der Waals surface area (Å²) in [6.07, 6.45) is 3.14. The van der Waals surface area contributed by atoms with Crippen molar-refractivity contribution >= 4 is 17.8 Å². The molecule has 2 fully saturated rings. The Labute approximate surface area is 140 Å². The zero-order valence-electron chi connectivity index (χ0n) is 13.5. The number of carbonyl (C=O) groups is 3. The van der Waals surface area contributed by atoms with Gasteiger partial charge in [0.25, 0.3) is 0 Å². The summed E-state index contributed by atoms with van der Waals surface area (Å²) in [7, 11) is 0. The first-order valence-electron chi connectivity index (χ1n) is 8.44. The number of piperidine rings is 1. The van der Waals surface area contributed by atoms with Gasteiger partial charge in [-0.2, -0.15) is 0 Å². The number of hydrogen-bond donors (Lipinski definition) is 2. The van der Waals surface area contributed by atoms with Gasteiger partial charge in [-0.1, -0.05) is 30.3 Å². The summed E-state index contributed by atoms with van der Waals surface area (Å²) in [5.74, 6) is -1.40. The molecule has 1 aliphatic carbocycles. The Hall–Kier alpha value is -2.37. The van der Waals surface area contributed by atoms with Gasteiger partial charge >= 0.3 is 5.97 Å². The van der Waals surface area contributed by atoms with Gasteiger partial charge in [-0.05, 0) is 31.2 Å². The molecular weight excluding hydrogens is 308 g/mol. The molecule has 1 heterocycles. The summed E-state index contributed by atoms with van der Waals surface area (Å²) in [4.78, 5) is 37.7. The van der Waals surface area contributed by atoms with Crippen LogP contribution in [0.4, 0.5) is 0 Å². The van der Waals surface area contributed by atoms with Gasteiger partial charge in [-0.3, -0.25) is 14.4 Å². The second-order valence-corrected chi connectivity index (χ2v) is 6.57. The molecule has 0 bridgehead atoms. The summed E-state index contributed by atoms with van der Waals surface area (Å²) in [5.41, 5.74) is 0.791. The van der Waals surface area contributed by atoms with Gasteiger partial charge in [0.1, 0.15) is 6.04 Å². The number of carbonyl (C=O) groups excluding carboxylic acids is 2. The van der Waals surface area contributed by atoms with E-state index in [0.717, 1.165) is 18.4 Å². The van der Waals surface area contributed by atoms with Crippen LogP contribution >= 0.6 is 0 Å². The molecule has 6 heteroatoms. The number of hydrogen-bond acceptors (Lipinski definition) is 3. The third kappa shape index (κ3) is 3.42. The molecule has 24 heavy (non-hydrogen) atoms. The van der Waals surface area contributed by atoms with E-state index >= 15 is 0 Å². The Bertz CT molecular complexity index is 625. The molecule has 0 radical (unpaired) electrons. The largest absolute Gasteiger partial charge is 0.481 e. The van der Waals surface area contributed by atoms with Crippen molar-refractivity contribution < 1.29 is 19.5 Å². The third-order valence-electron chi connectivity index (χ3n) is 4.87. The summed E-state index contributed by atoms with van der Waals surface area (Å²) >= 11 is 0. The van der Waals surface area contributed by atoms with Crippen molar-refractivity contribution in [1.82, 2.24) is 10.2 Å². The van der Waals surface area contributed by atoms with E-state index < -0.39 is 12.0 Å². The molecule has 6 nitrogen and oxygen atoms in total. The number of nitrogens with zero attached hydrogens (tertiary/aromatic N) is 1. The van der Waals surface area contributed by atoms with Crippen LogP contribution < -0.4 is 5.32 Å². The van der Waals surface area contributed by atoms with Gasteiger partial charge in [0.05, 0.1) is 5.92 Å². The van der Waals surface area contributed by atoms with Crippen LogP contribution in [-0.4, -0.2) is 40.4 Å². The number of aliphatic carboxylic acids is 1. The number of rotatable bonds is 5. The summed E-state index contributed by atoms with van der Waals surface area (Å²) in [5, 5.41) is 11.9. The number of likely N-dealkylation sites (tertiary alicyclic amines) is 1. The molecule has 128 valence electrons. The molecule has 1 saturated carbocycles. The fraction of sp³-hybridized carbons (Fsp3) is 0.500. The summed E-state index contributed by atoms with van der Waals surface area (Å²) < 4.78 is 0. The quantitative estimate of drug-likeness (QED) is 0.860. The number of carboxylic acid groups (broad SMARTS) is 1. The van der Waals surface area contributed by atoms with Gasteiger partial charge in [-0.15, -0.1) is 0 Å². The lowest BCUT2D eigenvalue weighted by Gasteiger charge is -2.38. The van der Waals surface area contributed by atoms with Crippen molar-refractivity contribution in [3.8, 4) is 0 Å². The smallest absolute Gasteiger partial charge is 0.306 e. The van der Waals surface area contributed by atoms with Crippen LogP contribution in [0.3, 0.4) is 0 Å². The first kappa shape index (κ1) is 16.5.